The lowest BCUT2D eigenvalue weighted by Crippen LogP contribution is -2.30. The number of hydrogen-bond donors (Lipinski definition) is 1. The topological polar surface area (TPSA) is 72.5 Å². The Kier molecular flexibility index (Phi) is 6.45. The summed E-state index contributed by atoms with van der Waals surface area (Å²) >= 11 is 0. The summed E-state index contributed by atoms with van der Waals surface area (Å²) in [4.78, 5) is 11.5. The minimum Gasteiger partial charge on any atom is -0.369 e. The number of rotatable bonds is 7. The highest BCUT2D eigenvalue weighted by Gasteiger charge is 2.09. The molecule has 0 heterocycles. The maximum atomic E-state index is 11.4. The lowest BCUT2D eigenvalue weighted by molar-refractivity contribution is -0.127. The summed E-state index contributed by atoms with van der Waals surface area (Å²) in [5.74, 6) is -0.168. The Bertz CT molecular complexity index is 540. The number of ether oxygens (including phenoxy) is 1. The Labute approximate surface area is 123 Å². The molecule has 0 fully saturated rings. The Morgan fingerprint density at radius 2 is 1.90 bits per heavy atom. The van der Waals surface area contributed by atoms with Crippen molar-refractivity contribution in [2.45, 2.75) is 31.3 Å². The summed E-state index contributed by atoms with van der Waals surface area (Å²) in [5.41, 5.74) is 0.916. The maximum absolute atomic E-state index is 11.4. The van der Waals surface area contributed by atoms with Gasteiger partial charge in [-0.1, -0.05) is 12.1 Å². The van der Waals surface area contributed by atoms with Crippen LogP contribution in [0.5, 0.6) is 0 Å². The van der Waals surface area contributed by atoms with Gasteiger partial charge in [0.25, 0.3) is 9.05 Å². The molecule has 1 N–H and O–H groups in total. The van der Waals surface area contributed by atoms with Gasteiger partial charge in [-0.3, -0.25) is 4.79 Å². The highest BCUT2D eigenvalue weighted by atomic mass is 35.7. The second-order valence-corrected chi connectivity index (χ2v) is 7.11. The van der Waals surface area contributed by atoms with E-state index in [1.807, 2.05) is 13.8 Å². The first-order chi connectivity index (χ1) is 9.29. The van der Waals surface area contributed by atoms with Gasteiger partial charge in [-0.05, 0) is 38.0 Å². The highest BCUT2D eigenvalue weighted by molar-refractivity contribution is 8.13. The SMILES string of the molecule is CC(C)OCC(=O)NCCc1ccc(S(=O)(=O)Cl)cc1. The van der Waals surface area contributed by atoms with Crippen LogP contribution in [-0.2, 0) is 25.0 Å². The first-order valence-electron chi connectivity index (χ1n) is 6.21. The number of carbonyl (C=O) groups is 1. The molecule has 0 aliphatic heterocycles. The third-order valence-electron chi connectivity index (χ3n) is 2.49. The van der Waals surface area contributed by atoms with E-state index in [2.05, 4.69) is 5.32 Å². The van der Waals surface area contributed by atoms with Crippen LogP contribution in [0.2, 0.25) is 0 Å². The Morgan fingerprint density at radius 1 is 1.30 bits per heavy atom. The summed E-state index contributed by atoms with van der Waals surface area (Å²) in [6.07, 6.45) is 0.626. The number of nitrogens with one attached hydrogen (secondary N) is 1. The fourth-order valence-electron chi connectivity index (χ4n) is 1.46. The first-order valence-corrected chi connectivity index (χ1v) is 8.52. The third kappa shape index (κ3) is 6.36. The monoisotopic (exact) mass is 319 g/mol. The van der Waals surface area contributed by atoms with Crippen molar-refractivity contribution in [2.75, 3.05) is 13.2 Å². The number of amides is 1. The van der Waals surface area contributed by atoms with E-state index in [1.165, 1.54) is 12.1 Å². The zero-order valence-corrected chi connectivity index (χ0v) is 13.0. The highest BCUT2D eigenvalue weighted by Crippen LogP contribution is 2.15. The molecule has 1 rings (SSSR count). The molecule has 0 aromatic heterocycles. The van der Waals surface area contributed by atoms with Crippen molar-refractivity contribution in [3.8, 4) is 0 Å². The molecule has 0 aliphatic rings. The summed E-state index contributed by atoms with van der Waals surface area (Å²) in [6.45, 7) is 4.23. The van der Waals surface area contributed by atoms with E-state index in [9.17, 15) is 13.2 Å². The van der Waals surface area contributed by atoms with Gasteiger partial charge in [0, 0.05) is 17.2 Å². The molecule has 0 saturated carbocycles. The molecule has 0 spiro atoms. The molecule has 0 unspecified atom stereocenters. The smallest absolute Gasteiger partial charge is 0.261 e. The van der Waals surface area contributed by atoms with Crippen LogP contribution >= 0.6 is 10.7 Å². The molecule has 0 saturated heterocycles. The minimum atomic E-state index is -3.68. The molecule has 0 bridgehead atoms. The standard InChI is InChI=1S/C13H18ClNO4S/c1-10(2)19-9-13(16)15-8-7-11-3-5-12(6-4-11)20(14,17)18/h3-6,10H,7-9H2,1-2H3,(H,15,16). The fourth-order valence-corrected chi connectivity index (χ4v) is 2.23. The molecular weight excluding hydrogens is 302 g/mol. The van der Waals surface area contributed by atoms with Crippen LogP contribution in [0.25, 0.3) is 0 Å². The average molecular weight is 320 g/mol. The largest absolute Gasteiger partial charge is 0.369 e. The van der Waals surface area contributed by atoms with Gasteiger partial charge in [-0.2, -0.15) is 0 Å². The lowest BCUT2D eigenvalue weighted by atomic mass is 10.1. The van der Waals surface area contributed by atoms with Crippen molar-refractivity contribution in [2.24, 2.45) is 0 Å². The third-order valence-corrected chi connectivity index (χ3v) is 3.86. The first kappa shape index (κ1) is 16.9. The van der Waals surface area contributed by atoms with Crippen molar-refractivity contribution in [3.63, 3.8) is 0 Å². The molecule has 1 amide bonds. The van der Waals surface area contributed by atoms with E-state index in [1.54, 1.807) is 12.1 Å². The molecular formula is C13H18ClNO4S. The van der Waals surface area contributed by atoms with Gasteiger partial charge in [-0.15, -0.1) is 0 Å². The van der Waals surface area contributed by atoms with Crippen LogP contribution in [0.1, 0.15) is 19.4 Å². The van der Waals surface area contributed by atoms with Gasteiger partial charge in [0.05, 0.1) is 11.0 Å². The predicted octanol–water partition coefficient (Wildman–Crippen LogP) is 1.70. The van der Waals surface area contributed by atoms with Crippen LogP contribution in [0.3, 0.4) is 0 Å². The van der Waals surface area contributed by atoms with E-state index < -0.39 is 9.05 Å². The van der Waals surface area contributed by atoms with E-state index >= 15 is 0 Å². The maximum Gasteiger partial charge on any atom is 0.261 e. The van der Waals surface area contributed by atoms with Crippen molar-refractivity contribution < 1.29 is 17.9 Å². The summed E-state index contributed by atoms with van der Waals surface area (Å²) < 4.78 is 27.3. The van der Waals surface area contributed by atoms with E-state index in [-0.39, 0.29) is 23.5 Å². The predicted molar refractivity (Wildman–Crippen MR) is 77.3 cm³/mol. The van der Waals surface area contributed by atoms with Gasteiger partial charge in [-0.25, -0.2) is 8.42 Å². The second kappa shape index (κ2) is 7.61. The normalized spacial score (nSPS) is 11.6. The van der Waals surface area contributed by atoms with E-state index in [0.29, 0.717) is 13.0 Å². The van der Waals surface area contributed by atoms with E-state index in [0.717, 1.165) is 5.56 Å². The van der Waals surface area contributed by atoms with Crippen molar-refractivity contribution in [1.29, 1.82) is 0 Å². The van der Waals surface area contributed by atoms with Crippen molar-refractivity contribution >= 4 is 25.6 Å². The van der Waals surface area contributed by atoms with Crippen LogP contribution < -0.4 is 5.32 Å². The number of carbonyl (C=O) groups excluding carboxylic acids is 1. The van der Waals surface area contributed by atoms with Gasteiger partial charge in [0.2, 0.25) is 5.91 Å². The second-order valence-electron chi connectivity index (χ2n) is 4.54. The molecule has 0 aliphatic carbocycles. The number of hydrogen-bond acceptors (Lipinski definition) is 4. The summed E-state index contributed by atoms with van der Waals surface area (Å²) in [7, 11) is 1.54. The summed E-state index contributed by atoms with van der Waals surface area (Å²) in [6, 6.07) is 6.24. The fraction of sp³-hybridized carbons (Fsp3) is 0.462. The van der Waals surface area contributed by atoms with Gasteiger partial charge < -0.3 is 10.1 Å². The molecule has 0 radical (unpaired) electrons. The van der Waals surface area contributed by atoms with Gasteiger partial charge in [0.15, 0.2) is 0 Å². The molecule has 1 aromatic carbocycles. The van der Waals surface area contributed by atoms with Crippen molar-refractivity contribution in [3.05, 3.63) is 29.8 Å². The molecule has 112 valence electrons. The molecule has 7 heteroatoms. The molecule has 5 nitrogen and oxygen atoms in total. The molecule has 1 aromatic rings. The van der Waals surface area contributed by atoms with Gasteiger partial charge in [0.1, 0.15) is 6.61 Å². The van der Waals surface area contributed by atoms with E-state index in [4.69, 9.17) is 15.4 Å². The van der Waals surface area contributed by atoms with Crippen LogP contribution in [0.15, 0.2) is 29.2 Å². The molecule has 0 atom stereocenters. The van der Waals surface area contributed by atoms with Crippen LogP contribution in [0, 0.1) is 0 Å². The number of halogens is 1. The van der Waals surface area contributed by atoms with Crippen LogP contribution in [0.4, 0.5) is 0 Å². The van der Waals surface area contributed by atoms with Crippen molar-refractivity contribution in [1.82, 2.24) is 5.32 Å². The lowest BCUT2D eigenvalue weighted by Gasteiger charge is -2.08. The Balaban J connectivity index is 2.38. The average Bonchev–Trinajstić information content (AvgIpc) is 2.36. The molecule has 20 heavy (non-hydrogen) atoms. The van der Waals surface area contributed by atoms with Crippen LogP contribution in [-0.4, -0.2) is 33.6 Å². The Hall–Kier alpha value is -1.11. The van der Waals surface area contributed by atoms with Gasteiger partial charge >= 0.3 is 0 Å². The number of benzene rings is 1. The quantitative estimate of drug-likeness (QED) is 0.776. The zero-order chi connectivity index (χ0) is 15.2. The zero-order valence-electron chi connectivity index (χ0n) is 11.4. The summed E-state index contributed by atoms with van der Waals surface area (Å²) in [5, 5.41) is 2.72. The Morgan fingerprint density at radius 3 is 2.40 bits per heavy atom. The minimum absolute atomic E-state index is 0.0193.